The molecule has 0 radical (unpaired) electrons. The number of methoxy groups -OCH3 is 1. The van der Waals surface area contributed by atoms with E-state index in [9.17, 15) is 9.59 Å². The third-order valence-corrected chi connectivity index (χ3v) is 8.26. The molecule has 0 unspecified atom stereocenters. The van der Waals surface area contributed by atoms with E-state index in [1.54, 1.807) is 0 Å². The summed E-state index contributed by atoms with van der Waals surface area (Å²) >= 11 is 0. The van der Waals surface area contributed by atoms with E-state index in [1.807, 2.05) is 89.2 Å². The lowest BCUT2D eigenvalue weighted by molar-refractivity contribution is -0.144. The smallest absolute Gasteiger partial charge is 0.323 e. The molecule has 1 amide bonds. The topological polar surface area (TPSA) is 67.4 Å². The Hall–Kier alpha value is -3.01. The number of amides is 1. The van der Waals surface area contributed by atoms with Gasteiger partial charge in [-0.2, -0.15) is 0 Å². The molecular formula is C30H37N2O3P. The Labute approximate surface area is 216 Å². The van der Waals surface area contributed by atoms with E-state index >= 15 is 0 Å². The number of benzene rings is 3. The molecule has 0 saturated carbocycles. The molecule has 0 aromatic heterocycles. The summed E-state index contributed by atoms with van der Waals surface area (Å²) in [6.45, 7) is 9.75. The van der Waals surface area contributed by atoms with Gasteiger partial charge in [-0.3, -0.25) is 14.9 Å². The first-order valence-corrected chi connectivity index (χ1v) is 13.6. The number of esters is 1. The molecule has 0 fully saturated rings. The fourth-order valence-electron chi connectivity index (χ4n) is 4.10. The van der Waals surface area contributed by atoms with E-state index in [0.717, 1.165) is 10.9 Å². The Morgan fingerprint density at radius 3 is 1.78 bits per heavy atom. The Balaban J connectivity index is 2.19. The van der Waals surface area contributed by atoms with Crippen molar-refractivity contribution in [2.75, 3.05) is 7.11 Å². The molecule has 0 aliphatic rings. The fourth-order valence-corrected chi connectivity index (χ4v) is 6.60. The average molecular weight is 505 g/mol. The molecule has 2 atom stereocenters. The quantitative estimate of drug-likeness (QED) is 0.339. The number of hydrogen-bond acceptors (Lipinski definition) is 4. The van der Waals surface area contributed by atoms with E-state index in [4.69, 9.17) is 4.74 Å². The lowest BCUT2D eigenvalue weighted by atomic mass is 9.98. The van der Waals surface area contributed by atoms with Gasteiger partial charge in [-0.25, -0.2) is 0 Å². The first kappa shape index (κ1) is 27.6. The minimum absolute atomic E-state index is 0.0701. The van der Waals surface area contributed by atoms with Crippen LogP contribution in [0.1, 0.15) is 46.2 Å². The van der Waals surface area contributed by atoms with Crippen molar-refractivity contribution in [1.82, 2.24) is 10.6 Å². The summed E-state index contributed by atoms with van der Waals surface area (Å²) in [6.07, 6.45) is 0. The normalized spacial score (nSPS) is 13.3. The van der Waals surface area contributed by atoms with Crippen molar-refractivity contribution in [3.63, 3.8) is 0 Å². The molecule has 3 aromatic rings. The van der Waals surface area contributed by atoms with Crippen molar-refractivity contribution in [2.45, 2.75) is 52.2 Å². The number of hydrogen-bond donors (Lipinski definition) is 2. The second-order valence-electron chi connectivity index (χ2n) is 10.1. The summed E-state index contributed by atoms with van der Waals surface area (Å²) in [6, 6.07) is 27.4. The molecule has 0 heterocycles. The Morgan fingerprint density at radius 1 is 0.806 bits per heavy atom. The molecule has 0 spiro atoms. The highest BCUT2D eigenvalue weighted by Crippen LogP contribution is 2.36. The third kappa shape index (κ3) is 7.02. The van der Waals surface area contributed by atoms with Crippen LogP contribution in [0.4, 0.5) is 0 Å². The maximum Gasteiger partial charge on any atom is 0.323 e. The Morgan fingerprint density at radius 2 is 1.31 bits per heavy atom. The van der Waals surface area contributed by atoms with Crippen molar-refractivity contribution >= 4 is 35.7 Å². The van der Waals surface area contributed by atoms with E-state index in [-0.39, 0.29) is 17.8 Å². The van der Waals surface area contributed by atoms with Crippen molar-refractivity contribution < 1.29 is 14.3 Å². The molecule has 0 aliphatic heterocycles. The fraction of sp³-hybridized carbons (Fsp3) is 0.333. The molecule has 0 bridgehead atoms. The minimum Gasteiger partial charge on any atom is -0.468 e. The summed E-state index contributed by atoms with van der Waals surface area (Å²) in [5.41, 5.74) is 0.418. The van der Waals surface area contributed by atoms with Crippen LogP contribution in [0.25, 0.3) is 0 Å². The van der Waals surface area contributed by atoms with Crippen molar-refractivity contribution in [1.29, 1.82) is 0 Å². The maximum atomic E-state index is 13.8. The van der Waals surface area contributed by atoms with E-state index in [1.165, 1.54) is 17.7 Å². The van der Waals surface area contributed by atoms with Gasteiger partial charge in [0.05, 0.1) is 7.11 Å². The van der Waals surface area contributed by atoms with Crippen molar-refractivity contribution in [3.8, 4) is 0 Å². The van der Waals surface area contributed by atoms with Crippen LogP contribution in [-0.2, 0) is 14.3 Å². The predicted octanol–water partition coefficient (Wildman–Crippen LogP) is 4.19. The van der Waals surface area contributed by atoms with Gasteiger partial charge in [-0.1, -0.05) is 98.8 Å². The number of rotatable bonds is 9. The van der Waals surface area contributed by atoms with E-state index in [0.29, 0.717) is 0 Å². The van der Waals surface area contributed by atoms with Crippen LogP contribution in [0.3, 0.4) is 0 Å². The van der Waals surface area contributed by atoms with E-state index < -0.39 is 25.5 Å². The summed E-state index contributed by atoms with van der Waals surface area (Å²) in [5.74, 6) is -0.635. The first-order valence-electron chi connectivity index (χ1n) is 12.3. The van der Waals surface area contributed by atoms with Crippen LogP contribution in [0.5, 0.6) is 0 Å². The van der Waals surface area contributed by atoms with Gasteiger partial charge < -0.3 is 10.1 Å². The zero-order valence-corrected chi connectivity index (χ0v) is 22.9. The lowest BCUT2D eigenvalue weighted by Crippen LogP contribution is -2.52. The summed E-state index contributed by atoms with van der Waals surface area (Å²) < 4.78 is 5.08. The first-order chi connectivity index (χ1) is 17.1. The van der Waals surface area contributed by atoms with Gasteiger partial charge in [0.1, 0.15) is 12.1 Å². The van der Waals surface area contributed by atoms with Crippen LogP contribution in [0.2, 0.25) is 0 Å². The number of carbonyl (C=O) groups is 2. The summed E-state index contributed by atoms with van der Waals surface area (Å²) in [5, 5.41) is 9.93. The molecule has 5 nitrogen and oxygen atoms in total. The van der Waals surface area contributed by atoms with Crippen molar-refractivity contribution in [3.05, 3.63) is 90.5 Å². The molecular weight excluding hydrogens is 467 g/mol. The van der Waals surface area contributed by atoms with Gasteiger partial charge in [-0.05, 0) is 56.1 Å². The number of ether oxygens (including phenoxy) is 1. The predicted molar refractivity (Wildman–Crippen MR) is 150 cm³/mol. The largest absolute Gasteiger partial charge is 0.468 e. The SMILES string of the molecule is COC(=O)[C@@H](N[C@@H](C(=O)NC(C)(C)C)c1ccccc1P(c1ccccc1)c1ccccc1)C(C)C. The second kappa shape index (κ2) is 12.3. The van der Waals surface area contributed by atoms with Gasteiger partial charge >= 0.3 is 5.97 Å². The summed E-state index contributed by atoms with van der Waals surface area (Å²) in [7, 11) is 0.424. The lowest BCUT2D eigenvalue weighted by Gasteiger charge is -2.32. The van der Waals surface area contributed by atoms with Crippen LogP contribution >= 0.6 is 7.92 Å². The molecule has 6 heteroatoms. The molecule has 2 N–H and O–H groups in total. The molecule has 3 aromatic carbocycles. The monoisotopic (exact) mass is 504 g/mol. The van der Waals surface area contributed by atoms with Crippen LogP contribution in [-0.4, -0.2) is 30.6 Å². The molecule has 36 heavy (non-hydrogen) atoms. The van der Waals surface area contributed by atoms with Gasteiger partial charge in [-0.15, -0.1) is 0 Å². The van der Waals surface area contributed by atoms with Crippen LogP contribution < -0.4 is 26.5 Å². The molecule has 0 saturated heterocycles. The molecule has 190 valence electrons. The third-order valence-electron chi connectivity index (χ3n) is 5.75. The number of carbonyl (C=O) groups excluding carboxylic acids is 2. The highest BCUT2D eigenvalue weighted by molar-refractivity contribution is 7.79. The van der Waals surface area contributed by atoms with Gasteiger partial charge in [0.15, 0.2) is 0 Å². The minimum atomic E-state index is -0.953. The zero-order valence-electron chi connectivity index (χ0n) is 22.0. The second-order valence-corrected chi connectivity index (χ2v) is 12.3. The Bertz CT molecular complexity index is 1100. The maximum absolute atomic E-state index is 13.8. The summed E-state index contributed by atoms with van der Waals surface area (Å²) in [4.78, 5) is 26.4. The standard InChI is InChI=1S/C30H37N2O3P/c1-21(2)26(29(34)35-6)31-27(28(33)32-30(3,4)5)24-19-13-14-20-25(24)36(22-15-9-7-10-16-22)23-17-11-8-12-18-23/h7-21,26-27,31H,1-6H3,(H,32,33)/t26-,27+/m0/s1. The van der Waals surface area contributed by atoms with Crippen molar-refractivity contribution in [2.24, 2.45) is 5.92 Å². The van der Waals surface area contributed by atoms with Crippen LogP contribution in [0.15, 0.2) is 84.9 Å². The van der Waals surface area contributed by atoms with Gasteiger partial charge in [0.2, 0.25) is 5.91 Å². The van der Waals surface area contributed by atoms with E-state index in [2.05, 4.69) is 41.0 Å². The molecule has 3 rings (SSSR count). The number of nitrogens with one attached hydrogen (secondary N) is 2. The average Bonchev–Trinajstić information content (AvgIpc) is 2.85. The molecule has 0 aliphatic carbocycles. The highest BCUT2D eigenvalue weighted by atomic mass is 31.1. The van der Waals surface area contributed by atoms with Gasteiger partial charge in [0, 0.05) is 5.54 Å². The highest BCUT2D eigenvalue weighted by Gasteiger charge is 2.34. The van der Waals surface area contributed by atoms with Gasteiger partial charge in [0.25, 0.3) is 0 Å². The Kier molecular flexibility index (Phi) is 9.42. The van der Waals surface area contributed by atoms with Crippen LogP contribution in [0, 0.1) is 5.92 Å². The zero-order chi connectivity index (χ0) is 26.3.